The van der Waals surface area contributed by atoms with E-state index in [0.717, 1.165) is 6.42 Å². The van der Waals surface area contributed by atoms with E-state index in [9.17, 15) is 9.59 Å². The van der Waals surface area contributed by atoms with Gasteiger partial charge in [0.2, 0.25) is 0 Å². The van der Waals surface area contributed by atoms with Gasteiger partial charge in [0.1, 0.15) is 22.6 Å². The Balaban J connectivity index is 2.88. The second-order valence-corrected chi connectivity index (χ2v) is 4.48. The molecular formula is C15H20O7. The van der Waals surface area contributed by atoms with Crippen LogP contribution in [0.5, 0.6) is 11.5 Å². The van der Waals surface area contributed by atoms with Crippen LogP contribution in [0, 0.1) is 0 Å². The van der Waals surface area contributed by atoms with Crippen LogP contribution < -0.4 is 9.47 Å². The zero-order valence-electron chi connectivity index (χ0n) is 12.6. The van der Waals surface area contributed by atoms with Crippen LogP contribution >= 0.6 is 0 Å². The summed E-state index contributed by atoms with van der Waals surface area (Å²) in [4.78, 5) is 23.2. The van der Waals surface area contributed by atoms with Crippen LogP contribution in [0.15, 0.2) is 12.1 Å². The fraction of sp³-hybridized carbons (Fsp3) is 0.467. The Bertz CT molecular complexity index is 525. The molecule has 0 fully saturated rings. The number of carbonyl (C=O) groups is 2. The van der Waals surface area contributed by atoms with Crippen LogP contribution in [-0.2, 0) is 4.74 Å². The second kappa shape index (κ2) is 8.89. The lowest BCUT2D eigenvalue weighted by Gasteiger charge is -2.12. The fourth-order valence-corrected chi connectivity index (χ4v) is 1.86. The van der Waals surface area contributed by atoms with Gasteiger partial charge in [0.25, 0.3) is 0 Å². The van der Waals surface area contributed by atoms with Gasteiger partial charge < -0.3 is 24.4 Å². The van der Waals surface area contributed by atoms with Gasteiger partial charge in [-0.25, -0.2) is 9.59 Å². The minimum atomic E-state index is -1.18. The highest BCUT2D eigenvalue weighted by Gasteiger charge is 2.21. The van der Waals surface area contributed by atoms with Crippen LogP contribution in [0.1, 0.15) is 40.0 Å². The van der Waals surface area contributed by atoms with Crippen molar-refractivity contribution >= 4 is 11.9 Å². The van der Waals surface area contributed by atoms with Crippen molar-refractivity contribution in [3.63, 3.8) is 0 Å². The largest absolute Gasteiger partial charge is 0.496 e. The van der Waals surface area contributed by atoms with Crippen molar-refractivity contribution in [2.75, 3.05) is 27.4 Å². The van der Waals surface area contributed by atoms with Gasteiger partial charge in [-0.1, -0.05) is 0 Å². The Morgan fingerprint density at radius 1 is 1.00 bits per heavy atom. The second-order valence-electron chi connectivity index (χ2n) is 4.48. The number of hydrogen-bond donors (Lipinski definition) is 2. The zero-order valence-corrected chi connectivity index (χ0v) is 12.6. The van der Waals surface area contributed by atoms with Crippen LogP contribution in [0.4, 0.5) is 0 Å². The molecule has 1 aromatic carbocycles. The monoisotopic (exact) mass is 312 g/mol. The van der Waals surface area contributed by atoms with E-state index < -0.39 is 11.9 Å². The average molecular weight is 312 g/mol. The Morgan fingerprint density at radius 2 is 1.59 bits per heavy atom. The molecule has 122 valence electrons. The van der Waals surface area contributed by atoms with Gasteiger partial charge in [-0.3, -0.25) is 0 Å². The van der Waals surface area contributed by atoms with E-state index in [0.29, 0.717) is 12.8 Å². The van der Waals surface area contributed by atoms with Gasteiger partial charge >= 0.3 is 11.9 Å². The van der Waals surface area contributed by atoms with Gasteiger partial charge in [0.15, 0.2) is 0 Å². The van der Waals surface area contributed by atoms with Crippen molar-refractivity contribution in [2.45, 2.75) is 19.3 Å². The van der Waals surface area contributed by atoms with E-state index in [2.05, 4.69) is 0 Å². The molecule has 0 bridgehead atoms. The summed E-state index contributed by atoms with van der Waals surface area (Å²) in [5.74, 6) is -1.63. The normalized spacial score (nSPS) is 10.1. The maximum Gasteiger partial charge on any atom is 0.342 e. The molecule has 0 heterocycles. The SMILES string of the molecule is COc1cc(C(=O)OCCCCCO)c(OC)cc1C(=O)O. The molecule has 0 radical (unpaired) electrons. The van der Waals surface area contributed by atoms with Crippen molar-refractivity contribution in [3.05, 3.63) is 23.3 Å². The number of ether oxygens (including phenoxy) is 3. The van der Waals surface area contributed by atoms with E-state index >= 15 is 0 Å². The summed E-state index contributed by atoms with van der Waals surface area (Å²) in [6.07, 6.45) is 2.04. The van der Waals surface area contributed by atoms with E-state index in [-0.39, 0.29) is 35.8 Å². The molecule has 0 aliphatic rings. The van der Waals surface area contributed by atoms with E-state index in [4.69, 9.17) is 24.4 Å². The summed E-state index contributed by atoms with van der Waals surface area (Å²) in [5, 5.41) is 17.8. The van der Waals surface area contributed by atoms with Gasteiger partial charge in [0.05, 0.1) is 20.8 Å². The van der Waals surface area contributed by atoms with Crippen molar-refractivity contribution in [1.29, 1.82) is 0 Å². The number of benzene rings is 1. The maximum atomic E-state index is 12.1. The number of methoxy groups -OCH3 is 2. The molecular weight excluding hydrogens is 292 g/mol. The smallest absolute Gasteiger partial charge is 0.342 e. The first kappa shape index (κ1) is 17.8. The topological polar surface area (TPSA) is 102 Å². The van der Waals surface area contributed by atoms with Gasteiger partial charge in [-0.05, 0) is 31.4 Å². The number of unbranched alkanes of at least 4 members (excludes halogenated alkanes) is 2. The third-order valence-electron chi connectivity index (χ3n) is 3.01. The average Bonchev–Trinajstić information content (AvgIpc) is 2.52. The van der Waals surface area contributed by atoms with E-state index in [1.54, 1.807) is 0 Å². The van der Waals surface area contributed by atoms with Crippen LogP contribution in [0.25, 0.3) is 0 Å². The molecule has 22 heavy (non-hydrogen) atoms. The predicted octanol–water partition coefficient (Wildman–Crippen LogP) is 1.72. The van der Waals surface area contributed by atoms with Crippen molar-refractivity contribution in [1.82, 2.24) is 0 Å². The molecule has 0 aliphatic heterocycles. The molecule has 0 aromatic heterocycles. The number of esters is 1. The van der Waals surface area contributed by atoms with E-state index in [1.165, 1.54) is 26.4 Å². The molecule has 0 saturated heterocycles. The summed E-state index contributed by atoms with van der Waals surface area (Å²) in [6, 6.07) is 2.52. The molecule has 0 atom stereocenters. The van der Waals surface area contributed by atoms with Crippen molar-refractivity contribution < 1.29 is 34.0 Å². The molecule has 0 spiro atoms. The number of rotatable bonds is 9. The lowest BCUT2D eigenvalue weighted by Crippen LogP contribution is -2.11. The summed E-state index contributed by atoms with van der Waals surface area (Å²) >= 11 is 0. The number of aliphatic hydroxyl groups excluding tert-OH is 1. The Hall–Kier alpha value is -2.28. The summed E-state index contributed by atoms with van der Waals surface area (Å²) in [5.41, 5.74) is 0.00496. The molecule has 1 rings (SSSR count). The van der Waals surface area contributed by atoms with Crippen LogP contribution in [0.3, 0.4) is 0 Å². The number of carboxylic acids is 1. The summed E-state index contributed by atoms with van der Waals surface area (Å²) < 4.78 is 15.1. The summed E-state index contributed by atoms with van der Waals surface area (Å²) in [6.45, 7) is 0.320. The first-order valence-corrected chi connectivity index (χ1v) is 6.82. The number of hydrogen-bond acceptors (Lipinski definition) is 6. The summed E-state index contributed by atoms with van der Waals surface area (Å²) in [7, 11) is 2.66. The fourth-order valence-electron chi connectivity index (χ4n) is 1.86. The first-order chi connectivity index (χ1) is 10.5. The molecule has 1 aromatic rings. The molecule has 7 heteroatoms. The van der Waals surface area contributed by atoms with Crippen molar-refractivity contribution in [3.8, 4) is 11.5 Å². The maximum absolute atomic E-state index is 12.1. The molecule has 0 amide bonds. The molecule has 0 unspecified atom stereocenters. The molecule has 7 nitrogen and oxygen atoms in total. The van der Waals surface area contributed by atoms with Crippen LogP contribution in [-0.4, -0.2) is 49.6 Å². The highest BCUT2D eigenvalue weighted by molar-refractivity contribution is 5.97. The first-order valence-electron chi connectivity index (χ1n) is 6.82. The minimum absolute atomic E-state index is 0.0560. The Morgan fingerprint density at radius 3 is 2.14 bits per heavy atom. The Labute approximate surface area is 128 Å². The molecule has 0 saturated carbocycles. The third kappa shape index (κ3) is 4.63. The van der Waals surface area contributed by atoms with Crippen molar-refractivity contribution in [2.24, 2.45) is 0 Å². The molecule has 2 N–H and O–H groups in total. The Kier molecular flexibility index (Phi) is 7.18. The molecule has 0 aliphatic carbocycles. The highest BCUT2D eigenvalue weighted by Crippen LogP contribution is 2.29. The van der Waals surface area contributed by atoms with Gasteiger partial charge in [-0.15, -0.1) is 0 Å². The quantitative estimate of drug-likeness (QED) is 0.528. The number of carbonyl (C=O) groups excluding carboxylic acids is 1. The standard InChI is InChI=1S/C15H20O7/c1-20-12-9-11(13(21-2)8-10(12)14(17)18)15(19)22-7-5-3-4-6-16/h8-9,16H,3-7H2,1-2H3,(H,17,18). The number of carboxylic acid groups (broad SMARTS) is 1. The number of aromatic carboxylic acids is 1. The van der Waals surface area contributed by atoms with Crippen LogP contribution in [0.2, 0.25) is 0 Å². The predicted molar refractivity (Wildman–Crippen MR) is 77.7 cm³/mol. The lowest BCUT2D eigenvalue weighted by atomic mass is 10.1. The minimum Gasteiger partial charge on any atom is -0.496 e. The van der Waals surface area contributed by atoms with Gasteiger partial charge in [0, 0.05) is 6.61 Å². The van der Waals surface area contributed by atoms with E-state index in [1.807, 2.05) is 0 Å². The lowest BCUT2D eigenvalue weighted by molar-refractivity contribution is 0.0491. The van der Waals surface area contributed by atoms with Gasteiger partial charge in [-0.2, -0.15) is 0 Å². The highest BCUT2D eigenvalue weighted by atomic mass is 16.5. The number of aliphatic hydroxyl groups is 1. The third-order valence-corrected chi connectivity index (χ3v) is 3.01. The zero-order chi connectivity index (χ0) is 16.5.